The maximum atomic E-state index is 11.9. The minimum atomic E-state index is -0.301. The summed E-state index contributed by atoms with van der Waals surface area (Å²) in [5, 5.41) is 12.4. The van der Waals surface area contributed by atoms with Crippen LogP contribution in [0.15, 0.2) is 12.4 Å². The summed E-state index contributed by atoms with van der Waals surface area (Å²) in [5.74, 6) is -0.301. The molecule has 0 bridgehead atoms. The zero-order chi connectivity index (χ0) is 13.0. The molecule has 0 atom stereocenters. The van der Waals surface area contributed by atoms with Gasteiger partial charge in [0, 0.05) is 12.0 Å². The van der Waals surface area contributed by atoms with Crippen LogP contribution < -0.4 is 5.32 Å². The van der Waals surface area contributed by atoms with E-state index in [4.69, 9.17) is 11.6 Å². The maximum absolute atomic E-state index is 11.9. The topological polar surface area (TPSA) is 75.1 Å². The lowest BCUT2D eigenvalue weighted by Crippen LogP contribution is -2.38. The Labute approximate surface area is 111 Å². The summed E-state index contributed by atoms with van der Waals surface area (Å²) in [6.07, 6.45) is 6.86. The van der Waals surface area contributed by atoms with Crippen LogP contribution in [0.4, 0.5) is 0 Å². The molecule has 0 spiro atoms. The zero-order valence-corrected chi connectivity index (χ0v) is 10.8. The fourth-order valence-corrected chi connectivity index (χ4v) is 2.47. The van der Waals surface area contributed by atoms with Crippen molar-refractivity contribution < 1.29 is 9.90 Å². The first-order chi connectivity index (χ1) is 8.65. The summed E-state index contributed by atoms with van der Waals surface area (Å²) in [6.45, 7) is 0.574. The lowest BCUT2D eigenvalue weighted by molar-refractivity contribution is 0.0875. The first kappa shape index (κ1) is 13.2. The molecule has 0 saturated heterocycles. The van der Waals surface area contributed by atoms with E-state index < -0.39 is 0 Å². The number of aliphatic hydroxyl groups is 1. The highest BCUT2D eigenvalue weighted by molar-refractivity contribution is 6.29. The number of rotatable bonds is 4. The molecule has 0 aromatic carbocycles. The van der Waals surface area contributed by atoms with Gasteiger partial charge in [-0.05, 0) is 12.8 Å². The second kappa shape index (κ2) is 5.63. The second-order valence-corrected chi connectivity index (χ2v) is 5.16. The number of aromatic nitrogens is 2. The minimum Gasteiger partial charge on any atom is -0.396 e. The van der Waals surface area contributed by atoms with Gasteiger partial charge in [0.1, 0.15) is 10.8 Å². The largest absolute Gasteiger partial charge is 0.396 e. The van der Waals surface area contributed by atoms with Gasteiger partial charge in [-0.15, -0.1) is 0 Å². The van der Waals surface area contributed by atoms with E-state index in [1.165, 1.54) is 12.4 Å². The number of halogens is 1. The highest BCUT2D eigenvalue weighted by atomic mass is 35.5. The highest BCUT2D eigenvalue weighted by Crippen LogP contribution is 2.36. The molecule has 1 aliphatic carbocycles. The smallest absolute Gasteiger partial charge is 0.271 e. The van der Waals surface area contributed by atoms with Crippen molar-refractivity contribution in [2.24, 2.45) is 5.41 Å². The monoisotopic (exact) mass is 269 g/mol. The van der Waals surface area contributed by atoms with Crippen LogP contribution in [0.3, 0.4) is 0 Å². The van der Waals surface area contributed by atoms with E-state index in [0.717, 1.165) is 25.7 Å². The molecule has 0 unspecified atom stereocenters. The van der Waals surface area contributed by atoms with Gasteiger partial charge in [0.15, 0.2) is 0 Å². The maximum Gasteiger partial charge on any atom is 0.271 e. The molecule has 1 fully saturated rings. The number of nitrogens with zero attached hydrogens (tertiary/aromatic N) is 2. The number of aliphatic hydroxyl groups excluding tert-OH is 1. The Morgan fingerprint density at radius 2 is 2.17 bits per heavy atom. The predicted molar refractivity (Wildman–Crippen MR) is 67.4 cm³/mol. The Morgan fingerprint density at radius 1 is 1.44 bits per heavy atom. The number of carbonyl (C=O) groups excluding carboxylic acids is 1. The number of carbonyl (C=O) groups is 1. The summed E-state index contributed by atoms with van der Waals surface area (Å²) in [5.41, 5.74) is 0.0374. The Hall–Kier alpha value is -1.20. The van der Waals surface area contributed by atoms with Crippen LogP contribution in [0, 0.1) is 5.41 Å². The third-order valence-corrected chi connectivity index (χ3v) is 3.64. The van der Waals surface area contributed by atoms with Crippen molar-refractivity contribution >= 4 is 17.5 Å². The van der Waals surface area contributed by atoms with Crippen LogP contribution in [-0.4, -0.2) is 34.1 Å². The van der Waals surface area contributed by atoms with E-state index in [2.05, 4.69) is 15.3 Å². The van der Waals surface area contributed by atoms with Crippen molar-refractivity contribution in [2.75, 3.05) is 13.2 Å². The average Bonchev–Trinajstić information content (AvgIpc) is 2.85. The molecule has 5 nitrogen and oxygen atoms in total. The van der Waals surface area contributed by atoms with Gasteiger partial charge in [-0.2, -0.15) is 0 Å². The summed E-state index contributed by atoms with van der Waals surface area (Å²) >= 11 is 5.68. The first-order valence-electron chi connectivity index (χ1n) is 6.02. The van der Waals surface area contributed by atoms with Crippen LogP contribution >= 0.6 is 11.6 Å². The molecule has 6 heteroatoms. The third-order valence-electron chi connectivity index (χ3n) is 3.46. The molecular weight excluding hydrogens is 254 g/mol. The van der Waals surface area contributed by atoms with Crippen molar-refractivity contribution in [1.82, 2.24) is 15.3 Å². The van der Waals surface area contributed by atoms with Gasteiger partial charge in [-0.1, -0.05) is 24.4 Å². The number of nitrogens with one attached hydrogen (secondary N) is 1. The van der Waals surface area contributed by atoms with E-state index in [1.54, 1.807) is 0 Å². The normalized spacial score (nSPS) is 17.7. The van der Waals surface area contributed by atoms with Gasteiger partial charge in [0.05, 0.1) is 19.0 Å². The van der Waals surface area contributed by atoms with Crippen LogP contribution in [0.25, 0.3) is 0 Å². The standard InChI is InChI=1S/C12H16ClN3O2/c13-10-6-14-5-9(16-10)11(18)15-7-12(8-17)3-1-2-4-12/h5-6,17H,1-4,7-8H2,(H,15,18). The summed E-state index contributed by atoms with van der Waals surface area (Å²) < 4.78 is 0. The Balaban J connectivity index is 1.96. The van der Waals surface area contributed by atoms with Gasteiger partial charge < -0.3 is 10.4 Å². The Kier molecular flexibility index (Phi) is 4.14. The SMILES string of the molecule is O=C(NCC1(CO)CCCC1)c1cncc(Cl)n1. The molecule has 0 radical (unpaired) electrons. The van der Waals surface area contributed by atoms with Crippen molar-refractivity contribution in [1.29, 1.82) is 0 Å². The van der Waals surface area contributed by atoms with Crippen LogP contribution in [-0.2, 0) is 0 Å². The van der Waals surface area contributed by atoms with Crippen LogP contribution in [0.2, 0.25) is 5.15 Å². The van der Waals surface area contributed by atoms with Crippen molar-refractivity contribution in [2.45, 2.75) is 25.7 Å². The quantitative estimate of drug-likeness (QED) is 0.867. The second-order valence-electron chi connectivity index (χ2n) is 4.77. The molecule has 1 aromatic rings. The fraction of sp³-hybridized carbons (Fsp3) is 0.583. The van der Waals surface area contributed by atoms with Crippen molar-refractivity contribution in [3.63, 3.8) is 0 Å². The van der Waals surface area contributed by atoms with Crippen molar-refractivity contribution in [3.8, 4) is 0 Å². The first-order valence-corrected chi connectivity index (χ1v) is 6.40. The molecule has 2 rings (SSSR count). The average molecular weight is 270 g/mol. The number of hydrogen-bond donors (Lipinski definition) is 2. The molecule has 1 heterocycles. The molecule has 0 aliphatic heterocycles. The lowest BCUT2D eigenvalue weighted by atomic mass is 9.87. The van der Waals surface area contributed by atoms with Crippen LogP contribution in [0.1, 0.15) is 36.2 Å². The Morgan fingerprint density at radius 3 is 2.78 bits per heavy atom. The molecule has 2 N–H and O–H groups in total. The molecule has 1 aromatic heterocycles. The molecule has 1 saturated carbocycles. The zero-order valence-electron chi connectivity index (χ0n) is 10.0. The third kappa shape index (κ3) is 2.97. The van der Waals surface area contributed by atoms with Gasteiger partial charge in [-0.25, -0.2) is 4.98 Å². The highest BCUT2D eigenvalue weighted by Gasteiger charge is 2.33. The Bertz CT molecular complexity index is 433. The van der Waals surface area contributed by atoms with Gasteiger partial charge in [-0.3, -0.25) is 9.78 Å². The van der Waals surface area contributed by atoms with Crippen molar-refractivity contribution in [3.05, 3.63) is 23.2 Å². The van der Waals surface area contributed by atoms with E-state index in [9.17, 15) is 9.90 Å². The molecular formula is C12H16ClN3O2. The van der Waals surface area contributed by atoms with E-state index in [0.29, 0.717) is 6.54 Å². The fourth-order valence-electron chi connectivity index (χ4n) is 2.33. The molecule has 18 heavy (non-hydrogen) atoms. The summed E-state index contributed by atoms with van der Waals surface area (Å²) in [7, 11) is 0. The van der Waals surface area contributed by atoms with Crippen LogP contribution in [0.5, 0.6) is 0 Å². The lowest BCUT2D eigenvalue weighted by Gasteiger charge is -2.26. The minimum absolute atomic E-state index is 0.106. The van der Waals surface area contributed by atoms with E-state index >= 15 is 0 Å². The molecule has 98 valence electrons. The van der Waals surface area contributed by atoms with E-state index in [1.807, 2.05) is 0 Å². The van der Waals surface area contributed by atoms with Gasteiger partial charge in [0.25, 0.3) is 5.91 Å². The predicted octanol–water partition coefficient (Wildman–Crippen LogP) is 1.41. The summed E-state index contributed by atoms with van der Waals surface area (Å²) in [4.78, 5) is 19.6. The summed E-state index contributed by atoms with van der Waals surface area (Å²) in [6, 6.07) is 0. The van der Waals surface area contributed by atoms with Gasteiger partial charge in [0.2, 0.25) is 0 Å². The van der Waals surface area contributed by atoms with Gasteiger partial charge >= 0.3 is 0 Å². The number of hydrogen-bond acceptors (Lipinski definition) is 4. The number of amides is 1. The molecule has 1 aliphatic rings. The van der Waals surface area contributed by atoms with E-state index in [-0.39, 0.29) is 28.8 Å². The molecule has 1 amide bonds.